The summed E-state index contributed by atoms with van der Waals surface area (Å²) in [5.74, 6) is 1.24. The molecule has 14 nitrogen and oxygen atoms in total. The molecule has 1 amide bonds. The summed E-state index contributed by atoms with van der Waals surface area (Å²) in [4.78, 5) is 32.0. The largest absolute Gasteiger partial charge is 0.496 e. The quantitative estimate of drug-likeness (QED) is 0.149. The van der Waals surface area contributed by atoms with Crippen LogP contribution >= 0.6 is 0 Å². The Morgan fingerprint density at radius 1 is 0.754 bits per heavy atom. The number of amides is 1. The van der Waals surface area contributed by atoms with Gasteiger partial charge in [0.1, 0.15) is 35.8 Å². The van der Waals surface area contributed by atoms with Gasteiger partial charge in [0.05, 0.1) is 53.9 Å². The number of anilines is 1. The van der Waals surface area contributed by atoms with Crippen LogP contribution < -0.4 is 43.2 Å². The highest BCUT2D eigenvalue weighted by atomic mass is 19.1. The first-order valence-electron chi connectivity index (χ1n) is 18.3. The van der Waals surface area contributed by atoms with Crippen molar-refractivity contribution in [1.29, 1.82) is 0 Å². The molecule has 0 bridgehead atoms. The standard InChI is InChI=1S/C42H48FN3O11/c1-45-12-14-46(15-13-45)16-17-55-35-19-25(9-11-32(35)50-3)41(47)44-31-18-26(8-10-30(31)43)42(48)57-38-24-29-33(51-4)22-28(49-2)23-34(29)56-39(38)27-20-36(52-5)40(54-7)37(21-27)53-6/h8-11,18-23,38-39H,12-17,24H2,1-7H3,(H,44,47)/t38-,39-/m1/s1. The summed E-state index contributed by atoms with van der Waals surface area (Å²) in [7, 11) is 11.1. The van der Waals surface area contributed by atoms with Crippen molar-refractivity contribution in [3.63, 3.8) is 0 Å². The molecule has 1 saturated heterocycles. The number of halogens is 1. The minimum Gasteiger partial charge on any atom is -0.496 e. The number of nitrogens with one attached hydrogen (secondary N) is 1. The van der Waals surface area contributed by atoms with Crippen LogP contribution in [-0.2, 0) is 11.2 Å². The predicted octanol–water partition coefficient (Wildman–Crippen LogP) is 5.66. The third-order valence-corrected chi connectivity index (χ3v) is 10.0. The van der Waals surface area contributed by atoms with E-state index in [1.807, 2.05) is 0 Å². The SMILES string of the molecule is COc1cc(OC)c2c(c1)O[C@H](c1cc(OC)c(OC)c(OC)c1)[C@H](OC(=O)c1ccc(F)c(NC(=O)c3ccc(OC)c(OCCN4CCN(C)CC4)c3)c1)C2. The molecule has 0 spiro atoms. The summed E-state index contributed by atoms with van der Waals surface area (Å²) >= 11 is 0. The maximum absolute atomic E-state index is 15.2. The lowest BCUT2D eigenvalue weighted by Gasteiger charge is -2.34. The van der Waals surface area contributed by atoms with E-state index in [0.717, 1.165) is 32.2 Å². The highest BCUT2D eigenvalue weighted by molar-refractivity contribution is 6.05. The van der Waals surface area contributed by atoms with Gasteiger partial charge in [0.25, 0.3) is 5.91 Å². The number of methoxy groups -OCH3 is 6. The molecule has 6 rings (SSSR count). The monoisotopic (exact) mass is 789 g/mol. The fourth-order valence-electron chi connectivity index (χ4n) is 6.81. The van der Waals surface area contributed by atoms with E-state index >= 15 is 4.39 Å². The fourth-order valence-corrected chi connectivity index (χ4v) is 6.81. The Morgan fingerprint density at radius 3 is 2.09 bits per heavy atom. The number of fused-ring (bicyclic) bond motifs is 1. The van der Waals surface area contributed by atoms with Crippen LogP contribution in [0.2, 0.25) is 0 Å². The maximum Gasteiger partial charge on any atom is 0.338 e. The number of likely N-dealkylation sites (N-methyl/N-ethyl adjacent to an activating group) is 1. The zero-order valence-electron chi connectivity index (χ0n) is 33.1. The van der Waals surface area contributed by atoms with Gasteiger partial charge in [0.2, 0.25) is 5.75 Å². The van der Waals surface area contributed by atoms with E-state index in [0.29, 0.717) is 70.3 Å². The van der Waals surface area contributed by atoms with Crippen LogP contribution in [0.15, 0.2) is 60.7 Å². The molecule has 0 unspecified atom stereocenters. The zero-order valence-corrected chi connectivity index (χ0v) is 33.1. The number of esters is 1. The maximum atomic E-state index is 15.2. The van der Waals surface area contributed by atoms with Crippen molar-refractivity contribution in [2.75, 3.05) is 94.4 Å². The van der Waals surface area contributed by atoms with Crippen LogP contribution in [0.5, 0.6) is 46.0 Å². The molecule has 2 aliphatic heterocycles. The van der Waals surface area contributed by atoms with Gasteiger partial charge in [-0.15, -0.1) is 0 Å². The van der Waals surface area contributed by atoms with Gasteiger partial charge in [0, 0.05) is 68.0 Å². The van der Waals surface area contributed by atoms with E-state index in [4.69, 9.17) is 42.6 Å². The van der Waals surface area contributed by atoms with Crippen LogP contribution in [0.1, 0.15) is 37.9 Å². The third-order valence-electron chi connectivity index (χ3n) is 10.0. The van der Waals surface area contributed by atoms with Crippen molar-refractivity contribution >= 4 is 17.6 Å². The van der Waals surface area contributed by atoms with Gasteiger partial charge in [0.15, 0.2) is 29.1 Å². The molecule has 15 heteroatoms. The van der Waals surface area contributed by atoms with E-state index in [1.165, 1.54) is 54.8 Å². The van der Waals surface area contributed by atoms with Crippen molar-refractivity contribution < 1.29 is 56.6 Å². The number of hydrogen-bond donors (Lipinski definition) is 1. The molecule has 0 saturated carbocycles. The molecular formula is C42H48FN3O11. The van der Waals surface area contributed by atoms with E-state index < -0.39 is 29.9 Å². The zero-order chi connectivity index (χ0) is 40.6. The number of carbonyl (C=O) groups excluding carboxylic acids is 2. The highest BCUT2D eigenvalue weighted by Gasteiger charge is 2.38. The summed E-state index contributed by atoms with van der Waals surface area (Å²) in [6.45, 7) is 4.96. The fraction of sp³-hybridized carbons (Fsp3) is 0.381. The average molecular weight is 790 g/mol. The number of benzene rings is 4. The van der Waals surface area contributed by atoms with Gasteiger partial charge in [-0.25, -0.2) is 9.18 Å². The Kier molecular flexibility index (Phi) is 13.1. The second-order valence-corrected chi connectivity index (χ2v) is 13.5. The number of ether oxygens (including phenoxy) is 9. The molecule has 4 aromatic carbocycles. The molecule has 1 N–H and O–H groups in total. The number of rotatable bonds is 15. The van der Waals surface area contributed by atoms with Crippen molar-refractivity contribution in [2.24, 2.45) is 0 Å². The van der Waals surface area contributed by atoms with E-state index in [1.54, 1.807) is 42.5 Å². The molecule has 0 aromatic heterocycles. The van der Waals surface area contributed by atoms with E-state index in [-0.39, 0.29) is 23.2 Å². The molecule has 57 heavy (non-hydrogen) atoms. The topological polar surface area (TPSA) is 136 Å². The van der Waals surface area contributed by atoms with E-state index in [2.05, 4.69) is 22.2 Å². The Hall–Kier alpha value is -5.93. The Balaban J connectivity index is 1.23. The first-order chi connectivity index (χ1) is 27.6. The third kappa shape index (κ3) is 9.21. The lowest BCUT2D eigenvalue weighted by Crippen LogP contribution is -2.45. The summed E-state index contributed by atoms with van der Waals surface area (Å²) < 4.78 is 67.2. The van der Waals surface area contributed by atoms with Gasteiger partial charge in [-0.3, -0.25) is 9.69 Å². The first kappa shape index (κ1) is 40.7. The molecule has 4 aromatic rings. The van der Waals surface area contributed by atoms with Gasteiger partial charge in [-0.1, -0.05) is 0 Å². The second kappa shape index (κ2) is 18.3. The number of hydrogen-bond acceptors (Lipinski definition) is 13. The van der Waals surface area contributed by atoms with E-state index in [9.17, 15) is 9.59 Å². The van der Waals surface area contributed by atoms with Crippen LogP contribution in [0.3, 0.4) is 0 Å². The molecular weight excluding hydrogens is 741 g/mol. The Morgan fingerprint density at radius 2 is 1.44 bits per heavy atom. The van der Waals surface area contributed by atoms with Crippen molar-refractivity contribution in [3.05, 3.63) is 88.7 Å². The summed E-state index contributed by atoms with van der Waals surface area (Å²) in [6, 6.07) is 15.2. The first-order valence-corrected chi connectivity index (χ1v) is 18.3. The number of piperazine rings is 1. The predicted molar refractivity (Wildman–Crippen MR) is 209 cm³/mol. The van der Waals surface area contributed by atoms with Crippen molar-refractivity contribution in [1.82, 2.24) is 9.80 Å². The van der Waals surface area contributed by atoms with Gasteiger partial charge in [-0.2, -0.15) is 0 Å². The molecule has 1 fully saturated rings. The second-order valence-electron chi connectivity index (χ2n) is 13.5. The minimum absolute atomic E-state index is 0.00880. The summed E-state index contributed by atoms with van der Waals surface area (Å²) in [5.41, 5.74) is 1.18. The molecule has 304 valence electrons. The smallest absolute Gasteiger partial charge is 0.338 e. The molecule has 2 atom stereocenters. The van der Waals surface area contributed by atoms with Crippen LogP contribution in [0.25, 0.3) is 0 Å². The average Bonchev–Trinajstić information content (AvgIpc) is 3.23. The lowest BCUT2D eigenvalue weighted by atomic mass is 9.93. The van der Waals surface area contributed by atoms with Crippen LogP contribution in [-0.4, -0.2) is 117 Å². The van der Waals surface area contributed by atoms with Crippen LogP contribution in [0.4, 0.5) is 10.1 Å². The van der Waals surface area contributed by atoms with Gasteiger partial charge in [-0.05, 0) is 55.6 Å². The summed E-state index contributed by atoms with van der Waals surface area (Å²) in [6.07, 6.45) is -1.62. The van der Waals surface area contributed by atoms with Gasteiger partial charge < -0.3 is 52.8 Å². The Labute approximate surface area is 331 Å². The molecule has 0 radical (unpaired) electrons. The van der Waals surface area contributed by atoms with Crippen molar-refractivity contribution in [3.8, 4) is 46.0 Å². The van der Waals surface area contributed by atoms with Crippen LogP contribution in [0, 0.1) is 5.82 Å². The van der Waals surface area contributed by atoms with Crippen molar-refractivity contribution in [2.45, 2.75) is 18.6 Å². The molecule has 2 aliphatic rings. The number of carbonyl (C=O) groups is 2. The van der Waals surface area contributed by atoms with Gasteiger partial charge >= 0.3 is 5.97 Å². The number of nitrogens with zero attached hydrogens (tertiary/aromatic N) is 2. The Bertz CT molecular complexity index is 2050. The molecule has 0 aliphatic carbocycles. The normalized spacial score (nSPS) is 16.7. The summed E-state index contributed by atoms with van der Waals surface area (Å²) in [5, 5.41) is 2.59. The minimum atomic E-state index is -0.924. The highest BCUT2D eigenvalue weighted by Crippen LogP contribution is 2.47. The molecule has 2 heterocycles. The lowest BCUT2D eigenvalue weighted by molar-refractivity contribution is -0.0188.